The van der Waals surface area contributed by atoms with Crippen LogP contribution in [0.15, 0.2) is 24.8 Å². The number of benzene rings is 1. The molecule has 1 N–H and O–H groups in total. The summed E-state index contributed by atoms with van der Waals surface area (Å²) in [5.41, 5.74) is -0.246. The number of aromatic hydroxyl groups is 1. The molecule has 0 aliphatic carbocycles. The minimum atomic E-state index is -1.22. The molecule has 0 unspecified atom stereocenters. The molecule has 0 aliphatic rings. The van der Waals surface area contributed by atoms with E-state index in [1.165, 1.54) is 6.08 Å². The second kappa shape index (κ2) is 6.63. The summed E-state index contributed by atoms with van der Waals surface area (Å²) in [6.45, 7) is 3.39. The van der Waals surface area contributed by atoms with E-state index in [2.05, 4.69) is 11.3 Å². The van der Waals surface area contributed by atoms with Gasteiger partial charge in [-0.3, -0.25) is 9.59 Å². The lowest BCUT2D eigenvalue weighted by atomic mass is 10.1. The van der Waals surface area contributed by atoms with Crippen LogP contribution in [0.5, 0.6) is 5.75 Å². The van der Waals surface area contributed by atoms with Crippen molar-refractivity contribution in [2.24, 2.45) is 0 Å². The van der Waals surface area contributed by atoms with Gasteiger partial charge in [0.1, 0.15) is 6.61 Å². The first-order valence-corrected chi connectivity index (χ1v) is 5.43. The maximum absolute atomic E-state index is 13.0. The summed E-state index contributed by atoms with van der Waals surface area (Å²) in [5.74, 6) is -4.81. The van der Waals surface area contributed by atoms with Crippen molar-refractivity contribution in [2.45, 2.75) is 12.8 Å². The van der Waals surface area contributed by atoms with E-state index in [1.807, 2.05) is 0 Å². The van der Waals surface area contributed by atoms with Crippen LogP contribution in [0.25, 0.3) is 0 Å². The Morgan fingerprint density at radius 1 is 1.26 bits per heavy atom. The first kappa shape index (κ1) is 14.8. The second-order valence-electron chi connectivity index (χ2n) is 3.68. The van der Waals surface area contributed by atoms with Gasteiger partial charge >= 0.3 is 5.97 Å². The minimum Gasteiger partial charge on any atom is -0.503 e. The Kier molecular flexibility index (Phi) is 5.17. The summed E-state index contributed by atoms with van der Waals surface area (Å²) in [5, 5.41) is 8.88. The summed E-state index contributed by atoms with van der Waals surface area (Å²) in [6, 6.07) is 1.44. The molecule has 0 spiro atoms. The summed E-state index contributed by atoms with van der Waals surface area (Å²) in [6.07, 6.45) is 0.945. The fourth-order valence-electron chi connectivity index (χ4n) is 1.31. The number of carbonyl (C=O) groups is 2. The Morgan fingerprint density at radius 2 is 1.84 bits per heavy atom. The Bertz CT molecular complexity index is 488. The van der Waals surface area contributed by atoms with Crippen LogP contribution >= 0.6 is 0 Å². The van der Waals surface area contributed by atoms with Gasteiger partial charge in [-0.15, -0.1) is 0 Å². The van der Waals surface area contributed by atoms with Crippen molar-refractivity contribution >= 4 is 11.8 Å². The molecule has 1 rings (SSSR count). The van der Waals surface area contributed by atoms with Gasteiger partial charge in [0.05, 0.1) is 6.42 Å². The zero-order valence-corrected chi connectivity index (χ0v) is 9.99. The predicted octanol–water partition coefficient (Wildman–Crippen LogP) is 2.36. The molecule has 1 aromatic carbocycles. The standard InChI is InChI=1S/C13H12F2O4/c1-2-5-19-12(17)4-3-11(16)8-6-9(14)13(18)10(15)7-8/h2,6-7,18H,1,3-5H2. The number of phenolic OH excluding ortho intramolecular Hbond substituents is 1. The summed E-state index contributed by atoms with van der Waals surface area (Å²) < 4.78 is 30.7. The van der Waals surface area contributed by atoms with Crippen molar-refractivity contribution in [3.8, 4) is 5.75 Å². The van der Waals surface area contributed by atoms with Gasteiger partial charge in [-0.1, -0.05) is 12.7 Å². The third kappa shape index (κ3) is 4.17. The van der Waals surface area contributed by atoms with Gasteiger partial charge in [-0.05, 0) is 12.1 Å². The van der Waals surface area contributed by atoms with Crippen LogP contribution in [0.4, 0.5) is 8.78 Å². The van der Waals surface area contributed by atoms with Gasteiger partial charge in [0.25, 0.3) is 0 Å². The Morgan fingerprint density at radius 3 is 2.37 bits per heavy atom. The molecule has 1 aromatic rings. The average Bonchev–Trinajstić information content (AvgIpc) is 2.39. The second-order valence-corrected chi connectivity index (χ2v) is 3.68. The highest BCUT2D eigenvalue weighted by Gasteiger charge is 2.15. The van der Waals surface area contributed by atoms with Gasteiger partial charge in [0.15, 0.2) is 23.2 Å². The monoisotopic (exact) mass is 270 g/mol. The highest BCUT2D eigenvalue weighted by atomic mass is 19.1. The number of halogens is 2. The minimum absolute atomic E-state index is 0.0372. The molecule has 0 bridgehead atoms. The summed E-state index contributed by atoms with van der Waals surface area (Å²) in [4.78, 5) is 22.7. The lowest BCUT2D eigenvalue weighted by molar-refractivity contribution is -0.142. The van der Waals surface area contributed by atoms with Crippen molar-refractivity contribution in [1.29, 1.82) is 0 Å². The molecule has 0 fully saturated rings. The molecule has 6 heteroatoms. The SMILES string of the molecule is C=CCOC(=O)CCC(=O)c1cc(F)c(O)c(F)c1. The number of ketones is 1. The molecule has 0 saturated heterocycles. The fraction of sp³-hybridized carbons (Fsp3) is 0.231. The molecule has 0 saturated carbocycles. The highest BCUT2D eigenvalue weighted by molar-refractivity contribution is 5.97. The molecular weight excluding hydrogens is 258 g/mol. The lowest BCUT2D eigenvalue weighted by Gasteiger charge is -2.04. The third-order valence-electron chi connectivity index (χ3n) is 2.26. The number of phenols is 1. The first-order chi connectivity index (χ1) is 8.95. The van der Waals surface area contributed by atoms with Crippen molar-refractivity contribution in [2.75, 3.05) is 6.61 Å². The normalized spacial score (nSPS) is 10.0. The average molecular weight is 270 g/mol. The number of rotatable bonds is 6. The van der Waals surface area contributed by atoms with Crippen LogP contribution in [0.3, 0.4) is 0 Å². The van der Waals surface area contributed by atoms with Crippen molar-refractivity contribution in [3.05, 3.63) is 42.0 Å². The summed E-state index contributed by atoms with van der Waals surface area (Å²) in [7, 11) is 0. The van der Waals surface area contributed by atoms with Crippen molar-refractivity contribution < 1.29 is 28.2 Å². The van der Waals surface area contributed by atoms with Crippen molar-refractivity contribution in [3.63, 3.8) is 0 Å². The van der Waals surface area contributed by atoms with E-state index in [1.54, 1.807) is 0 Å². The third-order valence-corrected chi connectivity index (χ3v) is 2.26. The molecule has 0 heterocycles. The number of hydrogen-bond acceptors (Lipinski definition) is 4. The van der Waals surface area contributed by atoms with Gasteiger partial charge in [-0.2, -0.15) is 0 Å². The Labute approximate surface area is 108 Å². The lowest BCUT2D eigenvalue weighted by Crippen LogP contribution is -2.08. The van der Waals surface area contributed by atoms with Gasteiger partial charge in [-0.25, -0.2) is 8.78 Å². The fourth-order valence-corrected chi connectivity index (χ4v) is 1.31. The van der Waals surface area contributed by atoms with Crippen LogP contribution in [-0.4, -0.2) is 23.5 Å². The molecule has 102 valence electrons. The maximum Gasteiger partial charge on any atom is 0.306 e. The molecule has 4 nitrogen and oxygen atoms in total. The van der Waals surface area contributed by atoms with Gasteiger partial charge in [0, 0.05) is 12.0 Å². The zero-order valence-electron chi connectivity index (χ0n) is 9.99. The van der Waals surface area contributed by atoms with Gasteiger partial charge < -0.3 is 9.84 Å². The van der Waals surface area contributed by atoms with E-state index in [0.29, 0.717) is 0 Å². The number of hydrogen-bond donors (Lipinski definition) is 1. The quantitative estimate of drug-likeness (QED) is 0.489. The molecule has 0 atom stereocenters. The van der Waals surface area contributed by atoms with Gasteiger partial charge in [0.2, 0.25) is 0 Å². The Balaban J connectivity index is 2.64. The van der Waals surface area contributed by atoms with Crippen LogP contribution in [0, 0.1) is 11.6 Å². The van der Waals surface area contributed by atoms with Crippen LogP contribution in [-0.2, 0) is 9.53 Å². The topological polar surface area (TPSA) is 63.6 Å². The molecule has 0 radical (unpaired) electrons. The van der Waals surface area contributed by atoms with E-state index in [0.717, 1.165) is 12.1 Å². The smallest absolute Gasteiger partial charge is 0.306 e. The zero-order chi connectivity index (χ0) is 14.4. The maximum atomic E-state index is 13.0. The molecule has 0 aromatic heterocycles. The molecule has 19 heavy (non-hydrogen) atoms. The number of Topliss-reactive ketones (excluding diaryl/α,β-unsaturated/α-hetero) is 1. The molecule has 0 amide bonds. The first-order valence-electron chi connectivity index (χ1n) is 5.43. The van der Waals surface area contributed by atoms with E-state index in [-0.39, 0.29) is 25.0 Å². The summed E-state index contributed by atoms with van der Waals surface area (Å²) >= 11 is 0. The molecule has 0 aliphatic heterocycles. The number of esters is 1. The predicted molar refractivity (Wildman–Crippen MR) is 62.7 cm³/mol. The van der Waals surface area contributed by atoms with Crippen LogP contribution in [0.1, 0.15) is 23.2 Å². The number of carbonyl (C=O) groups excluding carboxylic acids is 2. The largest absolute Gasteiger partial charge is 0.503 e. The van der Waals surface area contributed by atoms with E-state index in [9.17, 15) is 18.4 Å². The van der Waals surface area contributed by atoms with E-state index >= 15 is 0 Å². The van der Waals surface area contributed by atoms with Crippen LogP contribution in [0.2, 0.25) is 0 Å². The van der Waals surface area contributed by atoms with E-state index in [4.69, 9.17) is 5.11 Å². The molecular formula is C13H12F2O4. The number of ether oxygens (including phenoxy) is 1. The van der Waals surface area contributed by atoms with E-state index < -0.39 is 29.1 Å². The van der Waals surface area contributed by atoms with Crippen molar-refractivity contribution in [1.82, 2.24) is 0 Å². The van der Waals surface area contributed by atoms with Crippen LogP contribution < -0.4 is 0 Å². The Hall–Kier alpha value is -2.24. The highest BCUT2D eigenvalue weighted by Crippen LogP contribution is 2.22.